The van der Waals surface area contributed by atoms with E-state index in [1.165, 1.54) is 6.07 Å². The Morgan fingerprint density at radius 1 is 1.30 bits per heavy atom. The molecule has 0 spiro atoms. The Labute approximate surface area is 130 Å². The zero-order valence-electron chi connectivity index (χ0n) is 10.7. The Balaban J connectivity index is 2.13. The third-order valence-corrected chi connectivity index (χ3v) is 3.89. The van der Waals surface area contributed by atoms with Crippen LogP contribution in [0.15, 0.2) is 40.9 Å². The predicted molar refractivity (Wildman–Crippen MR) is 84.3 cm³/mol. The maximum absolute atomic E-state index is 10.8. The molecule has 20 heavy (non-hydrogen) atoms. The third-order valence-electron chi connectivity index (χ3n) is 2.88. The minimum Gasteiger partial charge on any atom is -0.381 e. The SMILES string of the molecule is Cc1cc(NCc2cc(Cl)ccc2Br)ccc1[N+](=O)[O-]. The second-order valence-corrected chi connectivity index (χ2v) is 5.64. The molecule has 0 bridgehead atoms. The van der Waals surface area contributed by atoms with E-state index in [1.807, 2.05) is 18.2 Å². The monoisotopic (exact) mass is 354 g/mol. The van der Waals surface area contributed by atoms with Gasteiger partial charge in [0.15, 0.2) is 0 Å². The standard InChI is InChI=1S/C14H12BrClN2O2/c1-9-6-12(3-5-14(9)18(19)20)17-8-10-7-11(16)2-4-13(10)15/h2-7,17H,8H2,1H3. The van der Waals surface area contributed by atoms with Crippen molar-refractivity contribution in [2.24, 2.45) is 0 Å². The number of nitrogens with zero attached hydrogens (tertiary/aromatic N) is 1. The molecule has 1 N–H and O–H groups in total. The minimum atomic E-state index is -0.382. The Hall–Kier alpha value is -1.59. The molecular weight excluding hydrogens is 344 g/mol. The summed E-state index contributed by atoms with van der Waals surface area (Å²) in [6, 6.07) is 10.5. The zero-order chi connectivity index (χ0) is 14.7. The van der Waals surface area contributed by atoms with E-state index < -0.39 is 0 Å². The van der Waals surface area contributed by atoms with Crippen molar-refractivity contribution in [2.75, 3.05) is 5.32 Å². The molecule has 2 aromatic rings. The lowest BCUT2D eigenvalue weighted by Crippen LogP contribution is -2.01. The van der Waals surface area contributed by atoms with Crippen LogP contribution in [0.2, 0.25) is 5.02 Å². The summed E-state index contributed by atoms with van der Waals surface area (Å²) in [4.78, 5) is 10.4. The van der Waals surface area contributed by atoms with Crippen LogP contribution in [0, 0.1) is 17.0 Å². The molecule has 0 aliphatic rings. The van der Waals surface area contributed by atoms with Crippen LogP contribution in [0.1, 0.15) is 11.1 Å². The van der Waals surface area contributed by atoms with E-state index >= 15 is 0 Å². The Morgan fingerprint density at radius 3 is 2.70 bits per heavy atom. The van der Waals surface area contributed by atoms with Crippen LogP contribution in [0.25, 0.3) is 0 Å². The molecule has 0 amide bonds. The van der Waals surface area contributed by atoms with Gasteiger partial charge in [-0.15, -0.1) is 0 Å². The summed E-state index contributed by atoms with van der Waals surface area (Å²) in [7, 11) is 0. The summed E-state index contributed by atoms with van der Waals surface area (Å²) in [6.07, 6.45) is 0. The normalized spacial score (nSPS) is 10.3. The second-order valence-electron chi connectivity index (χ2n) is 4.35. The van der Waals surface area contributed by atoms with E-state index in [0.29, 0.717) is 17.1 Å². The summed E-state index contributed by atoms with van der Waals surface area (Å²) < 4.78 is 0.966. The van der Waals surface area contributed by atoms with Gasteiger partial charge in [0.2, 0.25) is 0 Å². The molecule has 2 aromatic carbocycles. The van der Waals surface area contributed by atoms with Gasteiger partial charge in [0.25, 0.3) is 5.69 Å². The fourth-order valence-corrected chi connectivity index (χ4v) is 2.43. The molecule has 0 saturated carbocycles. The molecule has 0 saturated heterocycles. The second kappa shape index (κ2) is 6.24. The molecule has 6 heteroatoms. The van der Waals surface area contributed by atoms with Crippen LogP contribution in [0.4, 0.5) is 11.4 Å². The van der Waals surface area contributed by atoms with Gasteiger partial charge in [-0.3, -0.25) is 10.1 Å². The number of benzene rings is 2. The number of rotatable bonds is 4. The first-order valence-electron chi connectivity index (χ1n) is 5.90. The van der Waals surface area contributed by atoms with Crippen molar-refractivity contribution in [2.45, 2.75) is 13.5 Å². The van der Waals surface area contributed by atoms with Crippen molar-refractivity contribution >= 4 is 38.9 Å². The molecule has 0 atom stereocenters. The van der Waals surface area contributed by atoms with Crippen LogP contribution in [0.5, 0.6) is 0 Å². The van der Waals surface area contributed by atoms with Crippen molar-refractivity contribution < 1.29 is 4.92 Å². The highest BCUT2D eigenvalue weighted by atomic mass is 79.9. The first kappa shape index (κ1) is 14.8. The van der Waals surface area contributed by atoms with E-state index in [2.05, 4.69) is 21.2 Å². The summed E-state index contributed by atoms with van der Waals surface area (Å²) >= 11 is 9.42. The summed E-state index contributed by atoms with van der Waals surface area (Å²) in [5.41, 5.74) is 2.61. The highest BCUT2D eigenvalue weighted by Crippen LogP contribution is 2.24. The first-order valence-corrected chi connectivity index (χ1v) is 7.07. The highest BCUT2D eigenvalue weighted by Gasteiger charge is 2.10. The molecule has 0 aromatic heterocycles. The maximum atomic E-state index is 10.8. The van der Waals surface area contributed by atoms with Gasteiger partial charge in [-0.25, -0.2) is 0 Å². The van der Waals surface area contributed by atoms with Crippen LogP contribution in [-0.2, 0) is 6.54 Å². The van der Waals surface area contributed by atoms with Gasteiger partial charge in [-0.2, -0.15) is 0 Å². The maximum Gasteiger partial charge on any atom is 0.272 e. The molecular formula is C14H12BrClN2O2. The molecule has 0 radical (unpaired) electrons. The molecule has 104 valence electrons. The quantitative estimate of drug-likeness (QED) is 0.625. The number of hydrogen-bond donors (Lipinski definition) is 1. The van der Waals surface area contributed by atoms with Gasteiger partial charge in [-0.1, -0.05) is 27.5 Å². The van der Waals surface area contributed by atoms with Gasteiger partial charge in [0, 0.05) is 33.4 Å². The average molecular weight is 356 g/mol. The smallest absolute Gasteiger partial charge is 0.272 e. The van der Waals surface area contributed by atoms with Crippen LogP contribution in [0.3, 0.4) is 0 Å². The van der Waals surface area contributed by atoms with Crippen molar-refractivity contribution in [1.82, 2.24) is 0 Å². The van der Waals surface area contributed by atoms with E-state index in [4.69, 9.17) is 11.6 Å². The van der Waals surface area contributed by atoms with Crippen LogP contribution >= 0.6 is 27.5 Å². The fraction of sp³-hybridized carbons (Fsp3) is 0.143. The molecule has 0 aliphatic carbocycles. The number of nitro groups is 1. The lowest BCUT2D eigenvalue weighted by Gasteiger charge is -2.09. The summed E-state index contributed by atoms with van der Waals surface area (Å²) in [6.45, 7) is 2.30. The molecule has 2 rings (SSSR count). The molecule has 0 fully saturated rings. The molecule has 0 heterocycles. The number of hydrogen-bond acceptors (Lipinski definition) is 3. The Morgan fingerprint density at radius 2 is 2.05 bits per heavy atom. The summed E-state index contributed by atoms with van der Waals surface area (Å²) in [5, 5.41) is 14.7. The van der Waals surface area contributed by atoms with Crippen molar-refractivity contribution in [3.05, 3.63) is 67.1 Å². The number of aryl methyl sites for hydroxylation is 1. The predicted octanol–water partition coefficient (Wildman–Crippen LogP) is 4.93. The van der Waals surface area contributed by atoms with E-state index in [9.17, 15) is 10.1 Å². The van der Waals surface area contributed by atoms with E-state index in [0.717, 1.165) is 15.7 Å². The zero-order valence-corrected chi connectivity index (χ0v) is 13.0. The summed E-state index contributed by atoms with van der Waals surface area (Å²) in [5.74, 6) is 0. The Kier molecular flexibility index (Phi) is 4.62. The van der Waals surface area contributed by atoms with Crippen LogP contribution < -0.4 is 5.32 Å². The van der Waals surface area contributed by atoms with E-state index in [-0.39, 0.29) is 10.6 Å². The Bertz CT molecular complexity index is 662. The minimum absolute atomic E-state index is 0.125. The van der Waals surface area contributed by atoms with E-state index in [1.54, 1.807) is 19.1 Å². The van der Waals surface area contributed by atoms with Gasteiger partial charge >= 0.3 is 0 Å². The first-order chi connectivity index (χ1) is 9.47. The fourth-order valence-electron chi connectivity index (χ4n) is 1.85. The molecule has 4 nitrogen and oxygen atoms in total. The van der Waals surface area contributed by atoms with Crippen LogP contribution in [-0.4, -0.2) is 4.92 Å². The third kappa shape index (κ3) is 3.49. The molecule has 0 aliphatic heterocycles. The average Bonchev–Trinajstić information content (AvgIpc) is 2.39. The molecule has 0 unspecified atom stereocenters. The van der Waals surface area contributed by atoms with Gasteiger partial charge in [0.1, 0.15) is 0 Å². The van der Waals surface area contributed by atoms with Gasteiger partial charge in [0.05, 0.1) is 4.92 Å². The van der Waals surface area contributed by atoms with Crippen molar-refractivity contribution in [3.63, 3.8) is 0 Å². The van der Waals surface area contributed by atoms with Gasteiger partial charge in [-0.05, 0) is 42.8 Å². The number of halogens is 2. The largest absolute Gasteiger partial charge is 0.381 e. The van der Waals surface area contributed by atoms with Crippen molar-refractivity contribution in [3.8, 4) is 0 Å². The van der Waals surface area contributed by atoms with Gasteiger partial charge < -0.3 is 5.32 Å². The topological polar surface area (TPSA) is 55.2 Å². The number of anilines is 1. The van der Waals surface area contributed by atoms with Crippen molar-refractivity contribution in [1.29, 1.82) is 0 Å². The highest BCUT2D eigenvalue weighted by molar-refractivity contribution is 9.10. The lowest BCUT2D eigenvalue weighted by atomic mass is 10.1. The number of nitrogens with one attached hydrogen (secondary N) is 1. The lowest BCUT2D eigenvalue weighted by molar-refractivity contribution is -0.385. The number of nitro benzene ring substituents is 1.